The van der Waals surface area contributed by atoms with Gasteiger partial charge in [-0.3, -0.25) is 14.9 Å². The van der Waals surface area contributed by atoms with Crippen molar-refractivity contribution in [3.63, 3.8) is 0 Å². The quantitative estimate of drug-likeness (QED) is 0.246. The van der Waals surface area contributed by atoms with Gasteiger partial charge in [0.2, 0.25) is 0 Å². The minimum Gasteiger partial charge on any atom is -0.457 e. The van der Waals surface area contributed by atoms with Crippen molar-refractivity contribution in [2.24, 2.45) is 0 Å². The molecule has 1 aromatic heterocycles. The number of nitro benzene ring substituents is 1. The van der Waals surface area contributed by atoms with Gasteiger partial charge in [0, 0.05) is 27.7 Å². The summed E-state index contributed by atoms with van der Waals surface area (Å²) in [4.78, 5) is 22.5. The third-order valence-electron chi connectivity index (χ3n) is 3.50. The van der Waals surface area contributed by atoms with Gasteiger partial charge in [0.05, 0.1) is 4.92 Å². The topological polar surface area (TPSA) is 73.3 Å². The molecule has 0 fully saturated rings. The Hall–Kier alpha value is -2.99. The Kier molecular flexibility index (Phi) is 4.90. The predicted octanol–water partition coefficient (Wildman–Crippen LogP) is 5.51. The Balaban J connectivity index is 1.77. The van der Waals surface area contributed by atoms with Crippen LogP contribution >= 0.6 is 15.9 Å². The first-order valence-corrected chi connectivity index (χ1v) is 8.15. The van der Waals surface area contributed by atoms with Gasteiger partial charge in [0.25, 0.3) is 5.69 Å². The summed E-state index contributed by atoms with van der Waals surface area (Å²) in [5.41, 5.74) is 1.18. The number of nitrogens with zero attached hydrogens (tertiary/aromatic N) is 1. The van der Waals surface area contributed by atoms with Gasteiger partial charge < -0.3 is 4.42 Å². The fraction of sp³-hybridized carbons (Fsp3) is 0. The smallest absolute Gasteiger partial charge is 0.270 e. The van der Waals surface area contributed by atoms with Crippen LogP contribution < -0.4 is 0 Å². The Labute approximate surface area is 151 Å². The Bertz CT molecular complexity index is 958. The highest BCUT2D eigenvalue weighted by Crippen LogP contribution is 2.26. The van der Waals surface area contributed by atoms with E-state index in [9.17, 15) is 14.9 Å². The second kappa shape index (κ2) is 7.27. The molecule has 0 saturated heterocycles. The third-order valence-corrected chi connectivity index (χ3v) is 4.02. The summed E-state index contributed by atoms with van der Waals surface area (Å²) >= 11 is 3.32. The van der Waals surface area contributed by atoms with Crippen LogP contribution in [0, 0.1) is 10.1 Å². The summed E-state index contributed by atoms with van der Waals surface area (Å²) in [5.74, 6) is 0.854. The van der Waals surface area contributed by atoms with Crippen molar-refractivity contribution in [1.29, 1.82) is 0 Å². The van der Waals surface area contributed by atoms with Gasteiger partial charge in [-0.15, -0.1) is 0 Å². The molecular weight excluding hydrogens is 386 g/mol. The number of hydrogen-bond acceptors (Lipinski definition) is 4. The zero-order chi connectivity index (χ0) is 17.8. The van der Waals surface area contributed by atoms with E-state index in [4.69, 9.17) is 4.42 Å². The number of rotatable bonds is 5. The highest BCUT2D eigenvalue weighted by atomic mass is 79.9. The molecule has 25 heavy (non-hydrogen) atoms. The van der Waals surface area contributed by atoms with E-state index in [2.05, 4.69) is 15.9 Å². The molecule has 1 heterocycles. The molecule has 2 aromatic carbocycles. The van der Waals surface area contributed by atoms with E-state index in [1.807, 2.05) is 0 Å². The summed E-state index contributed by atoms with van der Waals surface area (Å²) in [6.07, 6.45) is 3.00. The molecule has 0 amide bonds. The molecule has 0 N–H and O–H groups in total. The molecule has 0 atom stereocenters. The molecule has 124 valence electrons. The van der Waals surface area contributed by atoms with Gasteiger partial charge in [-0.25, -0.2) is 0 Å². The number of carbonyl (C=O) groups excluding carboxylic acids is 1. The first kappa shape index (κ1) is 16.9. The van der Waals surface area contributed by atoms with Crippen molar-refractivity contribution >= 4 is 33.5 Å². The first-order chi connectivity index (χ1) is 12.0. The van der Waals surface area contributed by atoms with Gasteiger partial charge in [-0.1, -0.05) is 28.1 Å². The zero-order valence-electron chi connectivity index (χ0n) is 12.9. The number of nitro groups is 1. The molecule has 5 nitrogen and oxygen atoms in total. The predicted molar refractivity (Wildman–Crippen MR) is 98.3 cm³/mol. The van der Waals surface area contributed by atoms with Crippen molar-refractivity contribution in [2.75, 3.05) is 0 Å². The third kappa shape index (κ3) is 4.10. The van der Waals surface area contributed by atoms with Crippen LogP contribution in [-0.4, -0.2) is 10.7 Å². The van der Waals surface area contributed by atoms with Crippen LogP contribution in [0.2, 0.25) is 0 Å². The summed E-state index contributed by atoms with van der Waals surface area (Å²) < 4.78 is 6.54. The molecule has 3 rings (SSSR count). The minimum absolute atomic E-state index is 0.00333. The molecule has 0 aliphatic heterocycles. The molecule has 0 saturated carbocycles. The first-order valence-electron chi connectivity index (χ1n) is 7.35. The SMILES string of the molecule is O=C(/C=C/c1ccc(-c2cccc([N+](=O)[O-])c2)o1)c1ccc(Br)cc1. The fourth-order valence-corrected chi connectivity index (χ4v) is 2.50. The zero-order valence-corrected chi connectivity index (χ0v) is 14.5. The molecule has 0 aliphatic carbocycles. The van der Waals surface area contributed by atoms with Crippen molar-refractivity contribution in [3.8, 4) is 11.3 Å². The number of hydrogen-bond donors (Lipinski definition) is 0. The molecule has 0 aliphatic rings. The Morgan fingerprint density at radius 1 is 1.08 bits per heavy atom. The van der Waals surface area contributed by atoms with Crippen molar-refractivity contribution in [2.45, 2.75) is 0 Å². The average molecular weight is 398 g/mol. The van der Waals surface area contributed by atoms with Crippen LogP contribution in [0.5, 0.6) is 0 Å². The number of non-ortho nitro benzene ring substituents is 1. The minimum atomic E-state index is -0.454. The van der Waals surface area contributed by atoms with Gasteiger partial charge >= 0.3 is 0 Å². The number of ketones is 1. The van der Waals surface area contributed by atoms with Crippen molar-refractivity contribution < 1.29 is 14.1 Å². The molecule has 0 unspecified atom stereocenters. The van der Waals surface area contributed by atoms with Crippen LogP contribution in [0.25, 0.3) is 17.4 Å². The van der Waals surface area contributed by atoms with E-state index in [1.165, 1.54) is 18.2 Å². The van der Waals surface area contributed by atoms with E-state index >= 15 is 0 Å². The highest BCUT2D eigenvalue weighted by molar-refractivity contribution is 9.10. The van der Waals surface area contributed by atoms with E-state index in [-0.39, 0.29) is 11.5 Å². The second-order valence-corrected chi connectivity index (χ2v) is 6.13. The summed E-state index contributed by atoms with van der Waals surface area (Å²) in [5, 5.41) is 10.8. The van der Waals surface area contributed by atoms with E-state index in [0.29, 0.717) is 22.6 Å². The van der Waals surface area contributed by atoms with E-state index in [0.717, 1.165) is 4.47 Å². The molecule has 3 aromatic rings. The number of furan rings is 1. The van der Waals surface area contributed by atoms with Crippen LogP contribution in [0.3, 0.4) is 0 Å². The standard InChI is InChI=1S/C19H12BrNO4/c20-15-6-4-13(5-7-15)18(22)10-8-17-9-11-19(25-17)14-2-1-3-16(12-14)21(23)24/h1-12H/b10-8+. The van der Waals surface area contributed by atoms with E-state index < -0.39 is 4.92 Å². The van der Waals surface area contributed by atoms with E-state index in [1.54, 1.807) is 54.6 Å². The van der Waals surface area contributed by atoms with Crippen LogP contribution in [0.4, 0.5) is 5.69 Å². The lowest BCUT2D eigenvalue weighted by Gasteiger charge is -1.97. The summed E-state index contributed by atoms with van der Waals surface area (Å²) in [6.45, 7) is 0. The normalized spacial score (nSPS) is 10.9. The lowest BCUT2D eigenvalue weighted by molar-refractivity contribution is -0.384. The maximum atomic E-state index is 12.1. The summed E-state index contributed by atoms with van der Waals surface area (Å²) in [7, 11) is 0. The van der Waals surface area contributed by atoms with Crippen molar-refractivity contribution in [1.82, 2.24) is 0 Å². The molecule has 0 spiro atoms. The summed E-state index contributed by atoms with van der Waals surface area (Å²) in [6, 6.07) is 16.7. The van der Waals surface area contributed by atoms with Crippen LogP contribution in [-0.2, 0) is 0 Å². The Morgan fingerprint density at radius 2 is 1.84 bits per heavy atom. The lowest BCUT2D eigenvalue weighted by Crippen LogP contribution is -1.92. The largest absolute Gasteiger partial charge is 0.457 e. The number of allylic oxidation sites excluding steroid dienone is 1. The van der Waals surface area contributed by atoms with Gasteiger partial charge in [-0.05, 0) is 48.6 Å². The van der Waals surface area contributed by atoms with Gasteiger partial charge in [0.15, 0.2) is 5.78 Å². The van der Waals surface area contributed by atoms with Crippen LogP contribution in [0.15, 0.2) is 75.6 Å². The fourth-order valence-electron chi connectivity index (χ4n) is 2.24. The monoisotopic (exact) mass is 397 g/mol. The Morgan fingerprint density at radius 3 is 2.56 bits per heavy atom. The molecule has 0 bridgehead atoms. The number of halogens is 1. The van der Waals surface area contributed by atoms with Gasteiger partial charge in [-0.2, -0.15) is 0 Å². The average Bonchev–Trinajstić information content (AvgIpc) is 3.09. The molecular formula is C19H12BrNO4. The van der Waals surface area contributed by atoms with Crippen LogP contribution in [0.1, 0.15) is 16.1 Å². The molecule has 0 radical (unpaired) electrons. The number of carbonyl (C=O) groups is 1. The number of benzene rings is 2. The van der Waals surface area contributed by atoms with Crippen molar-refractivity contribution in [3.05, 3.63) is 92.7 Å². The molecule has 6 heteroatoms. The lowest BCUT2D eigenvalue weighted by atomic mass is 10.1. The maximum absolute atomic E-state index is 12.1. The van der Waals surface area contributed by atoms with Gasteiger partial charge in [0.1, 0.15) is 11.5 Å². The second-order valence-electron chi connectivity index (χ2n) is 5.21. The maximum Gasteiger partial charge on any atom is 0.270 e. The highest BCUT2D eigenvalue weighted by Gasteiger charge is 2.10.